The number of imide groups is 1. The average Bonchev–Trinajstić information content (AvgIpc) is 3.03. The fourth-order valence-corrected chi connectivity index (χ4v) is 3.58. The van der Waals surface area contributed by atoms with E-state index in [1.807, 2.05) is 0 Å². The van der Waals surface area contributed by atoms with Gasteiger partial charge in [-0.05, 0) is 40.9 Å². The maximum atomic E-state index is 13.8. The lowest BCUT2D eigenvalue weighted by Gasteiger charge is -2.22. The molecule has 0 bridgehead atoms. The molecule has 0 spiro atoms. The van der Waals surface area contributed by atoms with Gasteiger partial charge in [0.25, 0.3) is 5.91 Å². The fourth-order valence-electron chi connectivity index (χ4n) is 3.12. The molecule has 6 heteroatoms. The van der Waals surface area contributed by atoms with Crippen molar-refractivity contribution >= 4 is 33.4 Å². The third-order valence-electron chi connectivity index (χ3n) is 4.15. The van der Waals surface area contributed by atoms with Gasteiger partial charge < -0.3 is 5.32 Å². The van der Waals surface area contributed by atoms with Crippen molar-refractivity contribution in [1.82, 2.24) is 4.90 Å². The lowest BCUT2D eigenvalue weighted by molar-refractivity contribution is -0.141. The first-order valence-corrected chi connectivity index (χ1v) is 7.93. The lowest BCUT2D eigenvalue weighted by Crippen LogP contribution is -2.41. The minimum atomic E-state index is -0.675. The number of amides is 2. The lowest BCUT2D eigenvalue weighted by atomic mass is 10.2. The van der Waals surface area contributed by atoms with E-state index in [0.29, 0.717) is 4.47 Å². The number of para-hydroxylation sites is 1. The number of hydrogen-bond donors (Lipinski definition) is 1. The molecule has 1 unspecified atom stereocenters. The van der Waals surface area contributed by atoms with E-state index in [0.717, 1.165) is 25.7 Å². The molecule has 2 amide bonds. The van der Waals surface area contributed by atoms with Crippen molar-refractivity contribution in [3.63, 3.8) is 0 Å². The van der Waals surface area contributed by atoms with Crippen LogP contribution < -0.4 is 5.32 Å². The van der Waals surface area contributed by atoms with Crippen molar-refractivity contribution in [2.24, 2.45) is 0 Å². The van der Waals surface area contributed by atoms with Crippen LogP contribution in [0.4, 0.5) is 10.1 Å². The number of anilines is 1. The van der Waals surface area contributed by atoms with E-state index in [1.165, 1.54) is 11.0 Å². The first-order valence-electron chi connectivity index (χ1n) is 7.14. The summed E-state index contributed by atoms with van der Waals surface area (Å²) in [5, 5.41) is 2.88. The summed E-state index contributed by atoms with van der Waals surface area (Å²) in [5.41, 5.74) is 0.233. The van der Waals surface area contributed by atoms with Gasteiger partial charge >= 0.3 is 0 Å². The molecule has 0 aromatic heterocycles. The zero-order valence-electron chi connectivity index (χ0n) is 11.4. The number of halogens is 2. The smallest absolute Gasteiger partial charge is 0.252 e. The highest BCUT2D eigenvalue weighted by Crippen LogP contribution is 2.31. The Kier molecular flexibility index (Phi) is 3.97. The van der Waals surface area contributed by atoms with E-state index in [-0.39, 0.29) is 30.0 Å². The molecular weight excluding hydrogens is 339 g/mol. The molecule has 1 saturated carbocycles. The summed E-state index contributed by atoms with van der Waals surface area (Å²) in [4.78, 5) is 25.9. The molecule has 1 heterocycles. The van der Waals surface area contributed by atoms with Crippen molar-refractivity contribution in [1.29, 1.82) is 0 Å². The van der Waals surface area contributed by atoms with Crippen LogP contribution in [0.3, 0.4) is 0 Å². The van der Waals surface area contributed by atoms with E-state index in [9.17, 15) is 14.0 Å². The zero-order valence-corrected chi connectivity index (χ0v) is 13.0. The van der Waals surface area contributed by atoms with Crippen LogP contribution in [0.1, 0.15) is 32.1 Å². The minimum Gasteiger partial charge on any atom is -0.370 e. The van der Waals surface area contributed by atoms with Gasteiger partial charge in [0.1, 0.15) is 11.9 Å². The van der Waals surface area contributed by atoms with Crippen LogP contribution in [0, 0.1) is 5.82 Å². The summed E-state index contributed by atoms with van der Waals surface area (Å²) < 4.78 is 14.4. The Balaban J connectivity index is 1.78. The van der Waals surface area contributed by atoms with Crippen LogP contribution in [0.5, 0.6) is 0 Å². The van der Waals surface area contributed by atoms with Crippen LogP contribution in [0.15, 0.2) is 22.7 Å². The third-order valence-corrected chi connectivity index (χ3v) is 4.81. The van der Waals surface area contributed by atoms with Crippen LogP contribution in [0.25, 0.3) is 0 Å². The van der Waals surface area contributed by atoms with Gasteiger partial charge in [-0.3, -0.25) is 14.5 Å². The molecule has 1 atom stereocenters. The van der Waals surface area contributed by atoms with Crippen molar-refractivity contribution in [2.45, 2.75) is 44.2 Å². The topological polar surface area (TPSA) is 49.4 Å². The number of nitrogens with one attached hydrogen (secondary N) is 1. The first kappa shape index (κ1) is 14.5. The van der Waals surface area contributed by atoms with Gasteiger partial charge in [0.15, 0.2) is 0 Å². The number of benzene rings is 1. The summed E-state index contributed by atoms with van der Waals surface area (Å²) in [5.74, 6) is -0.831. The monoisotopic (exact) mass is 354 g/mol. The number of hydrogen-bond acceptors (Lipinski definition) is 3. The van der Waals surface area contributed by atoms with E-state index in [2.05, 4.69) is 21.2 Å². The van der Waals surface area contributed by atoms with E-state index >= 15 is 0 Å². The largest absolute Gasteiger partial charge is 0.370 e. The molecule has 2 aliphatic rings. The van der Waals surface area contributed by atoms with Gasteiger partial charge in [-0.2, -0.15) is 0 Å². The van der Waals surface area contributed by atoms with Gasteiger partial charge in [-0.15, -0.1) is 0 Å². The van der Waals surface area contributed by atoms with E-state index in [4.69, 9.17) is 0 Å². The van der Waals surface area contributed by atoms with E-state index < -0.39 is 11.9 Å². The Labute approximate surface area is 130 Å². The Morgan fingerprint density at radius 3 is 2.62 bits per heavy atom. The Bertz CT molecular complexity index is 567. The number of rotatable bonds is 3. The predicted molar refractivity (Wildman–Crippen MR) is 80.2 cm³/mol. The maximum Gasteiger partial charge on any atom is 0.252 e. The van der Waals surface area contributed by atoms with Gasteiger partial charge in [0.05, 0.1) is 12.1 Å². The summed E-state index contributed by atoms with van der Waals surface area (Å²) in [6, 6.07) is 3.95. The van der Waals surface area contributed by atoms with Crippen LogP contribution in [-0.4, -0.2) is 28.8 Å². The molecule has 1 saturated heterocycles. The highest BCUT2D eigenvalue weighted by atomic mass is 79.9. The van der Waals surface area contributed by atoms with Crippen LogP contribution in [-0.2, 0) is 9.59 Å². The number of carbonyl (C=O) groups is 2. The normalized spacial score (nSPS) is 23.1. The Morgan fingerprint density at radius 1 is 1.24 bits per heavy atom. The molecule has 112 valence electrons. The Morgan fingerprint density at radius 2 is 1.95 bits per heavy atom. The number of nitrogens with zero attached hydrogens (tertiary/aromatic N) is 1. The molecule has 4 nitrogen and oxygen atoms in total. The van der Waals surface area contributed by atoms with Crippen LogP contribution in [0.2, 0.25) is 0 Å². The second-order valence-electron chi connectivity index (χ2n) is 5.54. The van der Waals surface area contributed by atoms with Gasteiger partial charge in [0, 0.05) is 10.5 Å². The predicted octanol–water partition coefficient (Wildman–Crippen LogP) is 3.07. The van der Waals surface area contributed by atoms with E-state index in [1.54, 1.807) is 12.1 Å². The quantitative estimate of drug-likeness (QED) is 0.848. The van der Waals surface area contributed by atoms with Gasteiger partial charge in [-0.25, -0.2) is 4.39 Å². The SMILES string of the molecule is O=C1CC(Nc2c(F)cccc2Br)C(=O)N1C1CCCC1. The molecule has 3 rings (SSSR count). The standard InChI is InChI=1S/C15H16BrFN2O2/c16-10-6-3-7-11(17)14(10)18-12-8-13(20)19(15(12)21)9-4-1-2-5-9/h3,6-7,9,12,18H,1-2,4-5,8H2. The molecule has 1 aromatic carbocycles. The van der Waals surface area contributed by atoms with Crippen molar-refractivity contribution in [3.05, 3.63) is 28.5 Å². The molecule has 1 aliphatic heterocycles. The molecular formula is C15H16BrFN2O2. The highest BCUT2D eigenvalue weighted by molar-refractivity contribution is 9.10. The fraction of sp³-hybridized carbons (Fsp3) is 0.467. The molecule has 1 aromatic rings. The summed E-state index contributed by atoms with van der Waals surface area (Å²) in [6.45, 7) is 0. The third kappa shape index (κ3) is 2.69. The summed E-state index contributed by atoms with van der Waals surface area (Å²) in [6.07, 6.45) is 3.97. The molecule has 0 radical (unpaired) electrons. The average molecular weight is 355 g/mol. The molecule has 21 heavy (non-hydrogen) atoms. The maximum absolute atomic E-state index is 13.8. The summed E-state index contributed by atoms with van der Waals surface area (Å²) in [7, 11) is 0. The number of likely N-dealkylation sites (tertiary alicyclic amines) is 1. The van der Waals surface area contributed by atoms with Gasteiger partial charge in [-0.1, -0.05) is 18.9 Å². The van der Waals surface area contributed by atoms with Crippen molar-refractivity contribution in [2.75, 3.05) is 5.32 Å². The molecule has 1 aliphatic carbocycles. The highest BCUT2D eigenvalue weighted by Gasteiger charge is 2.43. The van der Waals surface area contributed by atoms with Crippen molar-refractivity contribution in [3.8, 4) is 0 Å². The number of carbonyl (C=O) groups excluding carboxylic acids is 2. The Hall–Kier alpha value is -1.43. The molecule has 1 N–H and O–H groups in total. The molecule has 2 fully saturated rings. The second-order valence-corrected chi connectivity index (χ2v) is 6.39. The summed E-state index contributed by atoms with van der Waals surface area (Å²) >= 11 is 3.26. The van der Waals surface area contributed by atoms with Crippen molar-refractivity contribution < 1.29 is 14.0 Å². The second kappa shape index (κ2) is 5.75. The minimum absolute atomic E-state index is 0.0286. The first-order chi connectivity index (χ1) is 10.1. The zero-order chi connectivity index (χ0) is 15.0. The van der Waals surface area contributed by atoms with Gasteiger partial charge in [0.2, 0.25) is 5.91 Å². The van der Waals surface area contributed by atoms with Crippen LogP contribution >= 0.6 is 15.9 Å².